The first-order chi connectivity index (χ1) is 11.0. The van der Waals surface area contributed by atoms with Gasteiger partial charge in [-0.1, -0.05) is 44.9 Å². The number of amides is 1. The Bertz CT molecular complexity index is 360. The molecule has 0 unspecified atom stereocenters. The molecule has 0 rings (SSSR count). The molecule has 0 aromatic heterocycles. The minimum atomic E-state index is -1.02. The van der Waals surface area contributed by atoms with Gasteiger partial charge in [-0.2, -0.15) is 0 Å². The van der Waals surface area contributed by atoms with E-state index in [1.165, 1.54) is 4.90 Å². The number of nitrogens with two attached hydrogens (primary N) is 1. The van der Waals surface area contributed by atoms with Crippen molar-refractivity contribution >= 4 is 17.8 Å². The van der Waals surface area contributed by atoms with Gasteiger partial charge in [0.05, 0.1) is 6.54 Å². The Morgan fingerprint density at radius 3 is 1.65 bits per heavy atom. The van der Waals surface area contributed by atoms with E-state index in [1.807, 2.05) is 0 Å². The Morgan fingerprint density at radius 2 is 1.22 bits per heavy atom. The fourth-order valence-corrected chi connectivity index (χ4v) is 2.40. The van der Waals surface area contributed by atoms with E-state index in [0.717, 1.165) is 57.8 Å². The van der Waals surface area contributed by atoms with Crippen molar-refractivity contribution in [1.82, 2.24) is 4.90 Å². The first kappa shape index (κ1) is 21.4. The zero-order chi connectivity index (χ0) is 17.5. The molecule has 0 fully saturated rings. The summed E-state index contributed by atoms with van der Waals surface area (Å²) in [5.41, 5.74) is 5.27. The molecule has 0 heterocycles. The van der Waals surface area contributed by atoms with Crippen molar-refractivity contribution in [2.24, 2.45) is 5.73 Å². The molecule has 0 aromatic carbocycles. The number of carboxylic acid groups (broad SMARTS) is 2. The van der Waals surface area contributed by atoms with Gasteiger partial charge in [-0.3, -0.25) is 14.4 Å². The van der Waals surface area contributed by atoms with Crippen molar-refractivity contribution in [3.8, 4) is 0 Å². The molecule has 0 aliphatic carbocycles. The Balaban J connectivity index is 3.50. The Kier molecular flexibility index (Phi) is 13.0. The second-order valence-electron chi connectivity index (χ2n) is 5.74. The topological polar surface area (TPSA) is 121 Å². The number of hydrogen-bond donors (Lipinski definition) is 3. The number of carbonyl (C=O) groups is 3. The summed E-state index contributed by atoms with van der Waals surface area (Å²) in [4.78, 5) is 33.8. The molecule has 0 aromatic rings. The van der Waals surface area contributed by atoms with E-state index in [4.69, 9.17) is 15.9 Å². The largest absolute Gasteiger partial charge is 0.481 e. The van der Waals surface area contributed by atoms with Crippen molar-refractivity contribution < 1.29 is 24.6 Å². The Morgan fingerprint density at radius 1 is 0.739 bits per heavy atom. The van der Waals surface area contributed by atoms with Gasteiger partial charge < -0.3 is 20.8 Å². The third-order valence-corrected chi connectivity index (χ3v) is 3.67. The van der Waals surface area contributed by atoms with Gasteiger partial charge in [0, 0.05) is 13.0 Å². The SMILES string of the molecule is NCC(=O)N(CCCCCCCCCCCC(=O)O)CC(=O)O. The molecule has 1 amide bonds. The highest BCUT2D eigenvalue weighted by Gasteiger charge is 2.14. The molecule has 0 bridgehead atoms. The average molecular weight is 330 g/mol. The fraction of sp³-hybridized carbons (Fsp3) is 0.812. The van der Waals surface area contributed by atoms with E-state index in [9.17, 15) is 14.4 Å². The lowest BCUT2D eigenvalue weighted by atomic mass is 10.1. The summed E-state index contributed by atoms with van der Waals surface area (Å²) in [6.45, 7) is -0.000936. The quantitative estimate of drug-likeness (QED) is 0.394. The maximum absolute atomic E-state index is 11.5. The molecule has 7 nitrogen and oxygen atoms in total. The predicted molar refractivity (Wildman–Crippen MR) is 87.1 cm³/mol. The molecule has 0 atom stereocenters. The first-order valence-electron chi connectivity index (χ1n) is 8.38. The van der Waals surface area contributed by atoms with Gasteiger partial charge in [0.25, 0.3) is 0 Å². The number of hydrogen-bond acceptors (Lipinski definition) is 4. The second kappa shape index (κ2) is 14.0. The molecule has 7 heteroatoms. The number of carboxylic acids is 2. The molecule has 23 heavy (non-hydrogen) atoms. The van der Waals surface area contributed by atoms with Gasteiger partial charge in [-0.25, -0.2) is 0 Å². The predicted octanol–water partition coefficient (Wildman–Crippen LogP) is 1.84. The Hall–Kier alpha value is -1.63. The van der Waals surface area contributed by atoms with Crippen molar-refractivity contribution in [3.63, 3.8) is 0 Å². The molecular weight excluding hydrogens is 300 g/mol. The summed E-state index contributed by atoms with van der Waals surface area (Å²) >= 11 is 0. The molecule has 0 saturated heterocycles. The van der Waals surface area contributed by atoms with E-state index in [1.54, 1.807) is 0 Å². The maximum Gasteiger partial charge on any atom is 0.323 e. The van der Waals surface area contributed by atoms with Crippen LogP contribution in [0, 0.1) is 0 Å². The molecule has 0 radical (unpaired) electrons. The van der Waals surface area contributed by atoms with Crippen LogP contribution in [0.25, 0.3) is 0 Å². The number of rotatable bonds is 15. The zero-order valence-electron chi connectivity index (χ0n) is 13.8. The van der Waals surface area contributed by atoms with E-state index in [0.29, 0.717) is 6.54 Å². The molecule has 134 valence electrons. The summed E-state index contributed by atoms with van der Waals surface area (Å²) < 4.78 is 0. The third kappa shape index (κ3) is 13.7. The molecule has 0 saturated carbocycles. The summed E-state index contributed by atoms with van der Waals surface area (Å²) in [5, 5.41) is 17.3. The number of unbranched alkanes of at least 4 members (excludes halogenated alkanes) is 8. The van der Waals surface area contributed by atoms with Crippen molar-refractivity contribution in [2.75, 3.05) is 19.6 Å². The van der Waals surface area contributed by atoms with E-state index in [2.05, 4.69) is 0 Å². The lowest BCUT2D eigenvalue weighted by molar-refractivity contribution is -0.143. The Labute approximate surface area is 137 Å². The summed E-state index contributed by atoms with van der Waals surface area (Å²) in [6.07, 6.45) is 9.24. The highest BCUT2D eigenvalue weighted by Crippen LogP contribution is 2.11. The average Bonchev–Trinajstić information content (AvgIpc) is 2.49. The lowest BCUT2D eigenvalue weighted by Crippen LogP contribution is -2.40. The third-order valence-electron chi connectivity index (χ3n) is 3.67. The van der Waals surface area contributed by atoms with Crippen LogP contribution in [-0.4, -0.2) is 52.6 Å². The van der Waals surface area contributed by atoms with Gasteiger partial charge in [0.1, 0.15) is 6.54 Å². The van der Waals surface area contributed by atoms with Crippen LogP contribution >= 0.6 is 0 Å². The van der Waals surface area contributed by atoms with Crippen LogP contribution in [0.1, 0.15) is 64.2 Å². The summed E-state index contributed by atoms with van der Waals surface area (Å²) in [6, 6.07) is 0. The molecule has 0 spiro atoms. The molecule has 0 aliphatic heterocycles. The molecular formula is C16H30N2O5. The number of aliphatic carboxylic acids is 2. The van der Waals surface area contributed by atoms with Gasteiger partial charge in [0.15, 0.2) is 0 Å². The van der Waals surface area contributed by atoms with Crippen LogP contribution in [0.15, 0.2) is 0 Å². The minimum absolute atomic E-state index is 0.158. The number of nitrogens with zero attached hydrogens (tertiary/aromatic N) is 1. The smallest absolute Gasteiger partial charge is 0.323 e. The van der Waals surface area contributed by atoms with Crippen molar-refractivity contribution in [1.29, 1.82) is 0 Å². The first-order valence-corrected chi connectivity index (χ1v) is 8.38. The zero-order valence-corrected chi connectivity index (χ0v) is 13.8. The fourth-order valence-electron chi connectivity index (χ4n) is 2.40. The van der Waals surface area contributed by atoms with Gasteiger partial charge in [-0.05, 0) is 12.8 Å². The van der Waals surface area contributed by atoms with E-state index >= 15 is 0 Å². The summed E-state index contributed by atoms with van der Waals surface area (Å²) in [7, 11) is 0. The van der Waals surface area contributed by atoms with E-state index < -0.39 is 11.9 Å². The molecule has 4 N–H and O–H groups in total. The minimum Gasteiger partial charge on any atom is -0.481 e. The standard InChI is InChI=1S/C16H30N2O5/c17-12-14(19)18(13-16(22)23)11-9-7-5-3-1-2-4-6-8-10-15(20)21/h1-13,17H2,(H,20,21)(H,22,23). The van der Waals surface area contributed by atoms with Crippen LogP contribution in [-0.2, 0) is 14.4 Å². The number of carbonyl (C=O) groups excluding carboxylic acids is 1. The van der Waals surface area contributed by atoms with Crippen LogP contribution < -0.4 is 5.73 Å². The maximum atomic E-state index is 11.5. The van der Waals surface area contributed by atoms with Crippen LogP contribution in [0.4, 0.5) is 0 Å². The van der Waals surface area contributed by atoms with Crippen LogP contribution in [0.2, 0.25) is 0 Å². The second-order valence-corrected chi connectivity index (χ2v) is 5.74. The van der Waals surface area contributed by atoms with Gasteiger partial charge in [0.2, 0.25) is 5.91 Å². The van der Waals surface area contributed by atoms with Crippen LogP contribution in [0.3, 0.4) is 0 Å². The van der Waals surface area contributed by atoms with Crippen molar-refractivity contribution in [3.05, 3.63) is 0 Å². The van der Waals surface area contributed by atoms with Gasteiger partial charge >= 0.3 is 11.9 Å². The lowest BCUT2D eigenvalue weighted by Gasteiger charge is -2.19. The van der Waals surface area contributed by atoms with Crippen LogP contribution in [0.5, 0.6) is 0 Å². The van der Waals surface area contributed by atoms with E-state index in [-0.39, 0.29) is 25.4 Å². The van der Waals surface area contributed by atoms with Gasteiger partial charge in [-0.15, -0.1) is 0 Å². The normalized spacial score (nSPS) is 10.5. The van der Waals surface area contributed by atoms with Crippen molar-refractivity contribution in [2.45, 2.75) is 64.2 Å². The highest BCUT2D eigenvalue weighted by atomic mass is 16.4. The monoisotopic (exact) mass is 330 g/mol. The molecule has 0 aliphatic rings. The summed E-state index contributed by atoms with van der Waals surface area (Å²) in [5.74, 6) is -2.07. The highest BCUT2D eigenvalue weighted by molar-refractivity contribution is 5.82.